The molecule has 0 radical (unpaired) electrons. The number of aromatic carboxylic acids is 1. The van der Waals surface area contributed by atoms with Gasteiger partial charge in [-0.2, -0.15) is 0 Å². The second-order valence-electron chi connectivity index (χ2n) is 15.9. The van der Waals surface area contributed by atoms with Crippen LogP contribution in [0.2, 0.25) is 0 Å². The second-order valence-corrected chi connectivity index (χ2v) is 15.9. The van der Waals surface area contributed by atoms with Crippen LogP contribution in [0, 0.1) is 17.8 Å². The first-order chi connectivity index (χ1) is 28.9. The summed E-state index contributed by atoms with van der Waals surface area (Å²) in [6.45, 7) is 2.12. The molecule has 2 aliphatic rings. The van der Waals surface area contributed by atoms with Gasteiger partial charge in [0, 0.05) is 56.0 Å². The van der Waals surface area contributed by atoms with E-state index in [0.717, 1.165) is 24.8 Å². The third-order valence-electron chi connectivity index (χ3n) is 11.7. The molecule has 1 aliphatic carbocycles. The molecule has 0 spiro atoms. The largest absolute Gasteiger partial charge is 0.478 e. The summed E-state index contributed by atoms with van der Waals surface area (Å²) in [7, 11) is 0. The number of primary amides is 1. The Morgan fingerprint density at radius 2 is 1.45 bits per heavy atom. The zero-order valence-corrected chi connectivity index (χ0v) is 34.1. The summed E-state index contributed by atoms with van der Waals surface area (Å²) in [5.74, 6) is -7.55. The number of ether oxygens (including phenoxy) is 1. The molecule has 3 amide bonds. The van der Waals surface area contributed by atoms with Crippen molar-refractivity contribution in [1.29, 1.82) is 0 Å². The lowest BCUT2D eigenvalue weighted by atomic mass is 9.76. The van der Waals surface area contributed by atoms with Crippen molar-refractivity contribution in [3.8, 4) is 0 Å². The maximum atomic E-state index is 14.8. The fourth-order valence-corrected chi connectivity index (χ4v) is 8.51. The van der Waals surface area contributed by atoms with Crippen molar-refractivity contribution in [3.05, 3.63) is 107 Å². The maximum Gasteiger partial charge on any atom is 0.336 e. The molecule has 5 atom stereocenters. The van der Waals surface area contributed by atoms with Crippen LogP contribution in [-0.4, -0.2) is 75.5 Å². The number of Topliss-reactive ketones (excluding diaryl/α,β-unsaturated/α-hetero) is 4. The van der Waals surface area contributed by atoms with Crippen molar-refractivity contribution in [3.63, 3.8) is 0 Å². The van der Waals surface area contributed by atoms with Gasteiger partial charge >= 0.3 is 5.97 Å². The summed E-state index contributed by atoms with van der Waals surface area (Å²) >= 11 is 0. The molecular weight excluding hydrogens is 767 g/mol. The molecule has 318 valence electrons. The Bertz CT molecular complexity index is 2010. The van der Waals surface area contributed by atoms with E-state index in [4.69, 9.17) is 10.5 Å². The van der Waals surface area contributed by atoms with Crippen molar-refractivity contribution in [2.75, 3.05) is 6.54 Å². The van der Waals surface area contributed by atoms with Gasteiger partial charge in [0.2, 0.25) is 23.5 Å². The molecule has 0 aromatic heterocycles. The monoisotopic (exact) mass is 821 g/mol. The minimum Gasteiger partial charge on any atom is -0.478 e. The summed E-state index contributed by atoms with van der Waals surface area (Å²) in [4.78, 5) is 108. The van der Waals surface area contributed by atoms with Crippen LogP contribution in [0.25, 0.3) is 0 Å². The molecule has 1 heterocycles. The number of rotatable bonds is 22. The zero-order chi connectivity index (χ0) is 43.2. The third-order valence-corrected chi connectivity index (χ3v) is 11.7. The fraction of sp³-hybridized carbons (Fsp3) is 0.447. The standard InChI is InChI=1S/C47H55N3O10/c1-2-14-33(44(55)39(51)23-24-42(54)49-43(45(48)56)32-19-10-5-11-20-32)25-41(53)38-26-34(60-29-30-15-6-3-7-16-30)28-50(38)46(57)37(31-17-8-4-9-18-31)27-40(52)35-21-12-13-22-36(35)47(58)59/h3,5-7,10-13,15-16,19-22,31,33-34,37-38,43H,2,4,8-9,14,17-18,23-29H2,1H3,(H2,48,56)(H,49,54)(H,58,59)/t33?,34-,37?,38+,43-/m1/s1. The summed E-state index contributed by atoms with van der Waals surface area (Å²) < 4.78 is 6.26. The van der Waals surface area contributed by atoms with E-state index in [1.54, 1.807) is 36.4 Å². The molecule has 3 aromatic rings. The van der Waals surface area contributed by atoms with E-state index < -0.39 is 83.3 Å². The molecular formula is C47H55N3O10. The average molecular weight is 822 g/mol. The molecule has 4 N–H and O–H groups in total. The number of likely N-dealkylation sites (tertiary alicyclic amines) is 1. The van der Waals surface area contributed by atoms with Crippen LogP contribution in [0.5, 0.6) is 0 Å². The fourth-order valence-electron chi connectivity index (χ4n) is 8.51. The molecule has 2 fully saturated rings. The zero-order valence-electron chi connectivity index (χ0n) is 34.1. The highest BCUT2D eigenvalue weighted by Gasteiger charge is 2.45. The number of benzene rings is 3. The van der Waals surface area contributed by atoms with Crippen molar-refractivity contribution in [2.45, 2.75) is 109 Å². The highest BCUT2D eigenvalue weighted by atomic mass is 16.5. The van der Waals surface area contributed by atoms with E-state index in [1.807, 2.05) is 37.3 Å². The van der Waals surface area contributed by atoms with Gasteiger partial charge in [0.1, 0.15) is 6.04 Å². The molecule has 1 saturated carbocycles. The van der Waals surface area contributed by atoms with Crippen LogP contribution in [0.1, 0.15) is 122 Å². The van der Waals surface area contributed by atoms with E-state index in [1.165, 1.54) is 23.1 Å². The molecule has 13 heteroatoms. The normalized spacial score (nSPS) is 18.2. The smallest absolute Gasteiger partial charge is 0.336 e. The first kappa shape index (κ1) is 45.3. The van der Waals surface area contributed by atoms with E-state index in [-0.39, 0.29) is 62.3 Å². The lowest BCUT2D eigenvalue weighted by Crippen LogP contribution is -2.47. The number of nitrogens with zero attached hydrogens (tertiary/aromatic N) is 1. The van der Waals surface area contributed by atoms with Crippen LogP contribution in [0.3, 0.4) is 0 Å². The number of carbonyl (C=O) groups excluding carboxylic acids is 7. The molecule has 5 rings (SSSR count). The predicted octanol–water partition coefficient (Wildman–Crippen LogP) is 5.98. The number of nitrogens with one attached hydrogen (secondary N) is 1. The van der Waals surface area contributed by atoms with Gasteiger partial charge in [-0.1, -0.05) is 111 Å². The Hall–Kier alpha value is -5.82. The van der Waals surface area contributed by atoms with Gasteiger partial charge in [-0.3, -0.25) is 33.6 Å². The number of hydrogen-bond acceptors (Lipinski definition) is 9. The molecule has 2 unspecified atom stereocenters. The lowest BCUT2D eigenvalue weighted by Gasteiger charge is -2.34. The first-order valence-corrected chi connectivity index (χ1v) is 20.9. The van der Waals surface area contributed by atoms with Crippen molar-refractivity contribution >= 4 is 46.8 Å². The van der Waals surface area contributed by atoms with Crippen molar-refractivity contribution in [2.24, 2.45) is 23.5 Å². The number of carboxylic acid groups (broad SMARTS) is 1. The quantitative estimate of drug-likeness (QED) is 0.0799. The van der Waals surface area contributed by atoms with Crippen LogP contribution in [0.15, 0.2) is 84.9 Å². The average Bonchev–Trinajstić information content (AvgIpc) is 3.70. The van der Waals surface area contributed by atoms with Gasteiger partial charge in [0.25, 0.3) is 0 Å². The van der Waals surface area contributed by atoms with Crippen LogP contribution < -0.4 is 11.1 Å². The lowest BCUT2D eigenvalue weighted by molar-refractivity contribution is -0.144. The summed E-state index contributed by atoms with van der Waals surface area (Å²) in [6, 6.07) is 21.6. The van der Waals surface area contributed by atoms with Gasteiger partial charge in [-0.05, 0) is 42.4 Å². The summed E-state index contributed by atoms with van der Waals surface area (Å²) in [6.07, 6.45) is 3.07. The van der Waals surface area contributed by atoms with Crippen molar-refractivity contribution in [1.82, 2.24) is 10.2 Å². The van der Waals surface area contributed by atoms with E-state index in [0.29, 0.717) is 24.8 Å². The number of amides is 3. The summed E-state index contributed by atoms with van der Waals surface area (Å²) in [5.41, 5.74) is 6.75. The van der Waals surface area contributed by atoms with Gasteiger partial charge in [-0.25, -0.2) is 4.79 Å². The highest BCUT2D eigenvalue weighted by molar-refractivity contribution is 6.38. The molecule has 60 heavy (non-hydrogen) atoms. The third kappa shape index (κ3) is 12.1. The minimum absolute atomic E-state index is 0.0173. The topological polar surface area (TPSA) is 207 Å². The molecule has 1 saturated heterocycles. The van der Waals surface area contributed by atoms with Crippen LogP contribution in [-0.2, 0) is 40.1 Å². The van der Waals surface area contributed by atoms with E-state index in [9.17, 15) is 43.5 Å². The van der Waals surface area contributed by atoms with Gasteiger partial charge < -0.3 is 25.8 Å². The number of nitrogens with two attached hydrogens (primary N) is 1. The second kappa shape index (κ2) is 22.0. The van der Waals surface area contributed by atoms with Crippen molar-refractivity contribution < 1.29 is 48.2 Å². The number of carboxylic acids is 1. The van der Waals surface area contributed by atoms with E-state index >= 15 is 0 Å². The highest BCUT2D eigenvalue weighted by Crippen LogP contribution is 2.37. The van der Waals surface area contributed by atoms with Gasteiger partial charge in [-0.15, -0.1) is 0 Å². The molecule has 0 bridgehead atoms. The Morgan fingerprint density at radius 1 is 0.817 bits per heavy atom. The predicted molar refractivity (Wildman–Crippen MR) is 221 cm³/mol. The van der Waals surface area contributed by atoms with Gasteiger partial charge in [0.15, 0.2) is 17.3 Å². The molecule has 3 aromatic carbocycles. The molecule has 1 aliphatic heterocycles. The minimum atomic E-state index is -1.25. The number of carbonyl (C=O) groups is 8. The Balaban J connectivity index is 1.33. The van der Waals surface area contributed by atoms with E-state index in [2.05, 4.69) is 5.32 Å². The Labute approximate surface area is 350 Å². The summed E-state index contributed by atoms with van der Waals surface area (Å²) in [5, 5.41) is 12.3. The maximum absolute atomic E-state index is 14.8. The number of ketones is 4. The van der Waals surface area contributed by atoms with Gasteiger partial charge in [0.05, 0.1) is 24.3 Å². The molecule has 13 nitrogen and oxygen atoms in total. The van der Waals surface area contributed by atoms with Crippen LogP contribution >= 0.6 is 0 Å². The Kier molecular flexibility index (Phi) is 16.6. The van der Waals surface area contributed by atoms with Crippen LogP contribution in [0.4, 0.5) is 0 Å². The first-order valence-electron chi connectivity index (χ1n) is 20.9. The number of hydrogen-bond donors (Lipinski definition) is 3. The SMILES string of the molecule is CCCC(CC(=O)[C@@H]1C[C@@H](OCc2ccccc2)CN1C(=O)C(CC(=O)c1ccccc1C(=O)O)C1CCCCC1)C(=O)C(=O)CCC(=O)N[C@@H](C(N)=O)c1ccccc1. The Morgan fingerprint density at radius 3 is 2.08 bits per heavy atom.